The summed E-state index contributed by atoms with van der Waals surface area (Å²) in [5.74, 6) is 1.68. The Balaban J connectivity index is 1.68. The van der Waals surface area contributed by atoms with Gasteiger partial charge in [-0.05, 0) is 23.6 Å². The smallest absolute Gasteiger partial charge is 0.164 e. The summed E-state index contributed by atoms with van der Waals surface area (Å²) in [6.45, 7) is 6.00. The molecule has 2 aromatic rings. The topological polar surface area (TPSA) is 33.7 Å². The van der Waals surface area contributed by atoms with Crippen molar-refractivity contribution in [3.8, 4) is 11.5 Å². The number of para-hydroxylation sites is 1. The second-order valence-electron chi connectivity index (χ2n) is 6.06. The quantitative estimate of drug-likeness (QED) is 0.848. The second-order valence-corrected chi connectivity index (χ2v) is 6.06. The second kappa shape index (κ2) is 8.71. The van der Waals surface area contributed by atoms with Gasteiger partial charge in [-0.3, -0.25) is 0 Å². The van der Waals surface area contributed by atoms with Crippen LogP contribution in [0.4, 0.5) is 0 Å². The highest BCUT2D eigenvalue weighted by atomic mass is 16.5. The molecule has 1 N–H and O–H groups in total. The molecule has 4 heteroatoms. The van der Waals surface area contributed by atoms with Crippen molar-refractivity contribution in [2.24, 2.45) is 0 Å². The molecule has 1 heterocycles. The average molecular weight is 326 g/mol. The fourth-order valence-corrected chi connectivity index (χ4v) is 3.03. The lowest BCUT2D eigenvalue weighted by Gasteiger charge is -2.27. The third-order valence-electron chi connectivity index (χ3n) is 4.41. The van der Waals surface area contributed by atoms with E-state index in [0.29, 0.717) is 6.61 Å². The molecule has 0 amide bonds. The van der Waals surface area contributed by atoms with E-state index in [1.54, 1.807) is 7.11 Å². The minimum absolute atomic E-state index is 0.557. The molecule has 1 aliphatic rings. The number of nitrogens with one attached hydrogen (secondary N) is 1. The SMILES string of the molecule is COc1cccc(CCN2CCNCC2)c1OCc1ccccc1. The van der Waals surface area contributed by atoms with Gasteiger partial charge < -0.3 is 19.7 Å². The number of piperazine rings is 1. The summed E-state index contributed by atoms with van der Waals surface area (Å²) in [6.07, 6.45) is 0.974. The molecule has 0 bridgehead atoms. The predicted molar refractivity (Wildman–Crippen MR) is 96.8 cm³/mol. The van der Waals surface area contributed by atoms with E-state index < -0.39 is 0 Å². The highest BCUT2D eigenvalue weighted by Crippen LogP contribution is 2.32. The zero-order chi connectivity index (χ0) is 16.6. The third-order valence-corrected chi connectivity index (χ3v) is 4.41. The largest absolute Gasteiger partial charge is 0.493 e. The number of methoxy groups -OCH3 is 1. The molecule has 0 atom stereocenters. The highest BCUT2D eigenvalue weighted by molar-refractivity contribution is 5.47. The van der Waals surface area contributed by atoms with Gasteiger partial charge in [0.1, 0.15) is 6.61 Å². The molecule has 128 valence electrons. The fourth-order valence-electron chi connectivity index (χ4n) is 3.03. The van der Waals surface area contributed by atoms with Crippen LogP contribution in [0.25, 0.3) is 0 Å². The van der Waals surface area contributed by atoms with Gasteiger partial charge in [-0.2, -0.15) is 0 Å². The minimum atomic E-state index is 0.557. The van der Waals surface area contributed by atoms with Crippen LogP contribution in [0, 0.1) is 0 Å². The summed E-state index contributed by atoms with van der Waals surface area (Å²) in [4.78, 5) is 2.50. The molecule has 3 rings (SSSR count). The fraction of sp³-hybridized carbons (Fsp3) is 0.400. The van der Waals surface area contributed by atoms with E-state index in [0.717, 1.165) is 56.2 Å². The van der Waals surface area contributed by atoms with Crippen molar-refractivity contribution in [2.75, 3.05) is 39.8 Å². The van der Waals surface area contributed by atoms with Gasteiger partial charge in [0.05, 0.1) is 7.11 Å². The van der Waals surface area contributed by atoms with Crippen molar-refractivity contribution in [3.05, 3.63) is 59.7 Å². The summed E-state index contributed by atoms with van der Waals surface area (Å²) in [6, 6.07) is 16.4. The summed E-state index contributed by atoms with van der Waals surface area (Å²) in [5.41, 5.74) is 2.38. The zero-order valence-corrected chi connectivity index (χ0v) is 14.3. The van der Waals surface area contributed by atoms with E-state index >= 15 is 0 Å². The minimum Gasteiger partial charge on any atom is -0.493 e. The van der Waals surface area contributed by atoms with Crippen molar-refractivity contribution < 1.29 is 9.47 Å². The van der Waals surface area contributed by atoms with Gasteiger partial charge in [0, 0.05) is 32.7 Å². The first kappa shape index (κ1) is 16.8. The highest BCUT2D eigenvalue weighted by Gasteiger charge is 2.14. The van der Waals surface area contributed by atoms with Gasteiger partial charge in [-0.15, -0.1) is 0 Å². The molecular formula is C20H26N2O2. The summed E-state index contributed by atoms with van der Waals surface area (Å²) < 4.78 is 11.6. The molecule has 0 aliphatic carbocycles. The maximum Gasteiger partial charge on any atom is 0.164 e. The van der Waals surface area contributed by atoms with Crippen LogP contribution in [0.15, 0.2) is 48.5 Å². The normalized spacial score (nSPS) is 15.2. The molecular weight excluding hydrogens is 300 g/mol. The molecule has 0 unspecified atom stereocenters. The molecule has 0 aromatic heterocycles. The molecule has 4 nitrogen and oxygen atoms in total. The van der Waals surface area contributed by atoms with E-state index in [1.165, 1.54) is 5.56 Å². The van der Waals surface area contributed by atoms with Crippen LogP contribution in [0.5, 0.6) is 11.5 Å². The molecule has 24 heavy (non-hydrogen) atoms. The molecule has 1 aliphatic heterocycles. The number of nitrogens with zero attached hydrogens (tertiary/aromatic N) is 1. The molecule has 2 aromatic carbocycles. The van der Waals surface area contributed by atoms with Crippen LogP contribution < -0.4 is 14.8 Å². The Hall–Kier alpha value is -2.04. The van der Waals surface area contributed by atoms with Crippen LogP contribution in [0.1, 0.15) is 11.1 Å². The summed E-state index contributed by atoms with van der Waals surface area (Å²) >= 11 is 0. The van der Waals surface area contributed by atoms with E-state index in [4.69, 9.17) is 9.47 Å². The summed E-state index contributed by atoms with van der Waals surface area (Å²) in [7, 11) is 1.70. The van der Waals surface area contributed by atoms with Gasteiger partial charge in [0.15, 0.2) is 11.5 Å². The maximum atomic E-state index is 6.13. The average Bonchev–Trinajstić information content (AvgIpc) is 2.66. The first-order valence-electron chi connectivity index (χ1n) is 8.62. The Morgan fingerprint density at radius 2 is 1.79 bits per heavy atom. The molecule has 1 saturated heterocycles. The zero-order valence-electron chi connectivity index (χ0n) is 14.3. The van der Waals surface area contributed by atoms with Gasteiger partial charge >= 0.3 is 0 Å². The van der Waals surface area contributed by atoms with E-state index in [2.05, 4.69) is 28.4 Å². The van der Waals surface area contributed by atoms with E-state index in [9.17, 15) is 0 Å². The van der Waals surface area contributed by atoms with Crippen LogP contribution in [0.3, 0.4) is 0 Å². The van der Waals surface area contributed by atoms with Gasteiger partial charge in [-0.1, -0.05) is 42.5 Å². The monoisotopic (exact) mass is 326 g/mol. The Kier molecular flexibility index (Phi) is 6.10. The first-order chi connectivity index (χ1) is 11.9. The van der Waals surface area contributed by atoms with Crippen LogP contribution in [-0.2, 0) is 13.0 Å². The number of hydrogen-bond donors (Lipinski definition) is 1. The van der Waals surface area contributed by atoms with Crippen LogP contribution in [-0.4, -0.2) is 44.7 Å². The molecule has 0 radical (unpaired) electrons. The lowest BCUT2D eigenvalue weighted by Crippen LogP contribution is -2.44. The Morgan fingerprint density at radius 1 is 1.00 bits per heavy atom. The first-order valence-corrected chi connectivity index (χ1v) is 8.62. The van der Waals surface area contributed by atoms with E-state index in [-0.39, 0.29) is 0 Å². The predicted octanol–water partition coefficient (Wildman–Crippen LogP) is 2.72. The van der Waals surface area contributed by atoms with Crippen molar-refractivity contribution in [1.29, 1.82) is 0 Å². The number of ether oxygens (including phenoxy) is 2. The van der Waals surface area contributed by atoms with Crippen molar-refractivity contribution in [1.82, 2.24) is 10.2 Å². The maximum absolute atomic E-state index is 6.13. The van der Waals surface area contributed by atoms with Crippen molar-refractivity contribution in [3.63, 3.8) is 0 Å². The van der Waals surface area contributed by atoms with Gasteiger partial charge in [0.2, 0.25) is 0 Å². The van der Waals surface area contributed by atoms with Crippen molar-refractivity contribution >= 4 is 0 Å². The molecule has 0 saturated carbocycles. The van der Waals surface area contributed by atoms with Gasteiger partial charge in [0.25, 0.3) is 0 Å². The lowest BCUT2D eigenvalue weighted by molar-refractivity contribution is 0.240. The van der Waals surface area contributed by atoms with Crippen LogP contribution >= 0.6 is 0 Å². The summed E-state index contributed by atoms with van der Waals surface area (Å²) in [5, 5.41) is 3.39. The Labute approximate surface area is 144 Å². The Bertz CT molecular complexity index is 625. The molecule has 1 fully saturated rings. The Morgan fingerprint density at radius 3 is 2.54 bits per heavy atom. The van der Waals surface area contributed by atoms with E-state index in [1.807, 2.05) is 30.3 Å². The van der Waals surface area contributed by atoms with Crippen molar-refractivity contribution in [2.45, 2.75) is 13.0 Å². The number of hydrogen-bond acceptors (Lipinski definition) is 4. The third kappa shape index (κ3) is 4.49. The standard InChI is InChI=1S/C20H26N2O2/c1-23-19-9-5-8-18(10-13-22-14-11-21-12-15-22)20(19)24-16-17-6-3-2-4-7-17/h2-9,21H,10-16H2,1H3. The lowest BCUT2D eigenvalue weighted by atomic mass is 10.1. The molecule has 0 spiro atoms. The number of rotatable bonds is 7. The van der Waals surface area contributed by atoms with Gasteiger partial charge in [-0.25, -0.2) is 0 Å². The number of benzene rings is 2. The van der Waals surface area contributed by atoms with Crippen LogP contribution in [0.2, 0.25) is 0 Å².